The Kier molecular flexibility index (Phi) is 3.97. The van der Waals surface area contributed by atoms with Gasteiger partial charge in [0.1, 0.15) is 5.78 Å². The van der Waals surface area contributed by atoms with Crippen LogP contribution in [0.15, 0.2) is 0 Å². The molecule has 1 saturated heterocycles. The first-order valence-electron chi connectivity index (χ1n) is 4.43. The van der Waals surface area contributed by atoms with Gasteiger partial charge in [0.25, 0.3) is 0 Å². The second-order valence-electron chi connectivity index (χ2n) is 3.71. The van der Waals surface area contributed by atoms with Crippen LogP contribution >= 0.6 is 24.4 Å². The number of hydrogen-bond acceptors (Lipinski definition) is 3. The normalized spacial score (nSPS) is 31.2. The fraction of sp³-hybridized carbons (Fsp3) is 0.889. The van der Waals surface area contributed by atoms with Gasteiger partial charge in [-0.05, 0) is 12.3 Å². The molecule has 1 heterocycles. The van der Waals surface area contributed by atoms with Gasteiger partial charge in [0.05, 0.1) is 4.58 Å². The number of hydrogen-bond donors (Lipinski definition) is 1. The molecular weight excluding hydrogens is 188 g/mol. The molecule has 1 aliphatic rings. The molecule has 0 aromatic carbocycles. The molecule has 70 valence electrons. The zero-order valence-electron chi connectivity index (χ0n) is 7.62. The van der Waals surface area contributed by atoms with Crippen LogP contribution < -0.4 is 0 Å². The summed E-state index contributed by atoms with van der Waals surface area (Å²) in [5.74, 6) is 2.18. The van der Waals surface area contributed by atoms with Crippen LogP contribution in [0.25, 0.3) is 0 Å². The molecule has 1 rings (SSSR count). The molecule has 0 aromatic heterocycles. The van der Waals surface area contributed by atoms with Gasteiger partial charge in [-0.1, -0.05) is 13.8 Å². The lowest BCUT2D eigenvalue weighted by molar-refractivity contribution is -0.122. The molecule has 0 aliphatic carbocycles. The molecule has 1 fully saturated rings. The Morgan fingerprint density at radius 3 is 2.83 bits per heavy atom. The minimum absolute atomic E-state index is 0.201. The molecule has 1 nitrogen and oxygen atoms in total. The second kappa shape index (κ2) is 4.56. The van der Waals surface area contributed by atoms with Crippen LogP contribution in [0.3, 0.4) is 0 Å². The molecule has 2 unspecified atom stereocenters. The number of carbonyl (C=O) groups excluding carboxylic acids is 1. The minimum Gasteiger partial charge on any atom is -0.299 e. The van der Waals surface area contributed by atoms with Gasteiger partial charge in [-0.3, -0.25) is 4.79 Å². The lowest BCUT2D eigenvalue weighted by Crippen LogP contribution is -2.28. The maximum Gasteiger partial charge on any atom is 0.138 e. The fourth-order valence-corrected chi connectivity index (χ4v) is 3.16. The van der Waals surface area contributed by atoms with Crippen molar-refractivity contribution in [3.63, 3.8) is 0 Å². The summed E-state index contributed by atoms with van der Waals surface area (Å²) in [7, 11) is 0. The summed E-state index contributed by atoms with van der Waals surface area (Å²) in [4.78, 5) is 11.5. The summed E-state index contributed by atoms with van der Waals surface area (Å²) in [6.07, 6.45) is 1.75. The van der Waals surface area contributed by atoms with E-state index in [0.717, 1.165) is 18.6 Å². The van der Waals surface area contributed by atoms with E-state index < -0.39 is 0 Å². The largest absolute Gasteiger partial charge is 0.299 e. The van der Waals surface area contributed by atoms with E-state index in [9.17, 15) is 4.79 Å². The molecule has 0 N–H and O–H groups in total. The minimum atomic E-state index is 0.201. The highest BCUT2D eigenvalue weighted by atomic mass is 32.2. The summed E-state index contributed by atoms with van der Waals surface area (Å²) >= 11 is 6.25. The maximum absolute atomic E-state index is 11.5. The van der Waals surface area contributed by atoms with Crippen LogP contribution in [0, 0.1) is 11.8 Å². The van der Waals surface area contributed by atoms with E-state index in [2.05, 4.69) is 26.5 Å². The summed E-state index contributed by atoms with van der Waals surface area (Å²) in [6.45, 7) is 4.32. The number of ketones is 1. The SMILES string of the molecule is CC(C)CC1C(=O)CCSC1S. The van der Waals surface area contributed by atoms with E-state index in [1.54, 1.807) is 0 Å². The fourth-order valence-electron chi connectivity index (χ4n) is 1.50. The Bertz CT molecular complexity index is 168. The van der Waals surface area contributed by atoms with Crippen molar-refractivity contribution in [2.24, 2.45) is 11.8 Å². The third-order valence-corrected chi connectivity index (χ3v) is 4.04. The molecule has 1 aliphatic heterocycles. The molecule has 0 saturated carbocycles. The van der Waals surface area contributed by atoms with Crippen molar-refractivity contribution in [3.8, 4) is 0 Å². The van der Waals surface area contributed by atoms with Gasteiger partial charge in [0, 0.05) is 18.1 Å². The van der Waals surface area contributed by atoms with Crippen molar-refractivity contribution in [1.29, 1.82) is 0 Å². The van der Waals surface area contributed by atoms with Crippen molar-refractivity contribution >= 4 is 30.2 Å². The number of rotatable bonds is 2. The van der Waals surface area contributed by atoms with Crippen molar-refractivity contribution in [3.05, 3.63) is 0 Å². The molecule has 0 amide bonds. The van der Waals surface area contributed by atoms with Crippen molar-refractivity contribution < 1.29 is 4.79 Å². The summed E-state index contributed by atoms with van der Waals surface area (Å²) in [6, 6.07) is 0. The zero-order chi connectivity index (χ0) is 9.14. The van der Waals surface area contributed by atoms with E-state index in [-0.39, 0.29) is 10.5 Å². The number of thiol groups is 1. The molecule has 0 radical (unpaired) electrons. The highest BCUT2D eigenvalue weighted by molar-refractivity contribution is 8.10. The van der Waals surface area contributed by atoms with Gasteiger partial charge in [-0.2, -0.15) is 12.6 Å². The Hall–Kier alpha value is 0.370. The molecule has 0 aromatic rings. The number of Topliss-reactive ketones (excluding diaryl/α,β-unsaturated/α-hetero) is 1. The first kappa shape index (κ1) is 10.5. The van der Waals surface area contributed by atoms with Gasteiger partial charge in [0.15, 0.2) is 0 Å². The first-order chi connectivity index (χ1) is 5.61. The lowest BCUT2D eigenvalue weighted by Gasteiger charge is -2.27. The first-order valence-corrected chi connectivity index (χ1v) is 6.00. The van der Waals surface area contributed by atoms with Crippen molar-refractivity contribution in [1.82, 2.24) is 0 Å². The van der Waals surface area contributed by atoms with Crippen LogP contribution in [0.4, 0.5) is 0 Å². The van der Waals surface area contributed by atoms with E-state index in [0.29, 0.717) is 11.7 Å². The summed E-state index contributed by atoms with van der Waals surface area (Å²) < 4.78 is 0.244. The summed E-state index contributed by atoms with van der Waals surface area (Å²) in [5, 5.41) is 0. The Labute approximate surface area is 84.1 Å². The third-order valence-electron chi connectivity index (χ3n) is 2.12. The number of thioether (sulfide) groups is 1. The monoisotopic (exact) mass is 204 g/mol. The average molecular weight is 204 g/mol. The molecule has 0 bridgehead atoms. The second-order valence-corrected chi connectivity index (χ2v) is 5.87. The van der Waals surface area contributed by atoms with Crippen LogP contribution in [-0.2, 0) is 4.79 Å². The molecule has 2 atom stereocenters. The van der Waals surface area contributed by atoms with E-state index >= 15 is 0 Å². The van der Waals surface area contributed by atoms with Crippen LogP contribution in [0.2, 0.25) is 0 Å². The quantitative estimate of drug-likeness (QED) is 0.696. The smallest absolute Gasteiger partial charge is 0.138 e. The van der Waals surface area contributed by atoms with E-state index in [1.165, 1.54) is 0 Å². The summed E-state index contributed by atoms with van der Waals surface area (Å²) in [5.41, 5.74) is 0. The Balaban J connectivity index is 2.51. The van der Waals surface area contributed by atoms with E-state index in [1.807, 2.05) is 11.8 Å². The topological polar surface area (TPSA) is 17.1 Å². The Morgan fingerprint density at radius 2 is 2.33 bits per heavy atom. The van der Waals surface area contributed by atoms with Gasteiger partial charge >= 0.3 is 0 Å². The van der Waals surface area contributed by atoms with E-state index in [4.69, 9.17) is 0 Å². The molecule has 0 spiro atoms. The predicted molar refractivity (Wildman–Crippen MR) is 57.8 cm³/mol. The molecule has 12 heavy (non-hydrogen) atoms. The van der Waals surface area contributed by atoms with Gasteiger partial charge in [-0.25, -0.2) is 0 Å². The van der Waals surface area contributed by atoms with Crippen LogP contribution in [0.1, 0.15) is 26.7 Å². The molecular formula is C9H16OS2. The highest BCUT2D eigenvalue weighted by Crippen LogP contribution is 2.34. The zero-order valence-corrected chi connectivity index (χ0v) is 9.33. The van der Waals surface area contributed by atoms with Crippen LogP contribution in [0.5, 0.6) is 0 Å². The lowest BCUT2D eigenvalue weighted by atomic mass is 9.93. The Morgan fingerprint density at radius 1 is 1.67 bits per heavy atom. The predicted octanol–water partition coefficient (Wildman–Crippen LogP) is 2.61. The van der Waals surface area contributed by atoms with Crippen molar-refractivity contribution in [2.45, 2.75) is 31.3 Å². The molecule has 3 heteroatoms. The third kappa shape index (κ3) is 2.70. The van der Waals surface area contributed by atoms with Gasteiger partial charge < -0.3 is 0 Å². The average Bonchev–Trinajstić information content (AvgIpc) is 1.97. The maximum atomic E-state index is 11.5. The van der Waals surface area contributed by atoms with Crippen LogP contribution in [-0.4, -0.2) is 16.1 Å². The van der Waals surface area contributed by atoms with Crippen molar-refractivity contribution in [2.75, 3.05) is 5.75 Å². The van der Waals surface area contributed by atoms with Gasteiger partial charge in [0.2, 0.25) is 0 Å². The highest BCUT2D eigenvalue weighted by Gasteiger charge is 2.30. The standard InChI is InChI=1S/C9H16OS2/c1-6(2)5-7-8(10)3-4-12-9(7)11/h6-7,9,11H,3-5H2,1-2H3. The van der Waals surface area contributed by atoms with Gasteiger partial charge in [-0.15, -0.1) is 11.8 Å². The number of carbonyl (C=O) groups is 1.